The quantitative estimate of drug-likeness (QED) is 0.243. The van der Waals surface area contributed by atoms with Gasteiger partial charge in [-0.1, -0.05) is 54.6 Å². The number of alkyl halides is 2. The Morgan fingerprint density at radius 2 is 1.27 bits per heavy atom. The summed E-state index contributed by atoms with van der Waals surface area (Å²) in [6.07, 6.45) is -2.53. The van der Waals surface area contributed by atoms with Crippen molar-refractivity contribution in [1.82, 2.24) is 0 Å². The highest BCUT2D eigenvalue weighted by molar-refractivity contribution is 8.33. The highest BCUT2D eigenvalue weighted by Gasteiger charge is 2.59. The summed E-state index contributed by atoms with van der Waals surface area (Å²) >= 11 is 0. The summed E-state index contributed by atoms with van der Waals surface area (Å²) in [6, 6.07) is 24.6. The zero-order valence-corrected chi connectivity index (χ0v) is 26.2. The Bertz CT molecular complexity index is 1460. The van der Waals surface area contributed by atoms with Crippen molar-refractivity contribution in [3.05, 3.63) is 91.0 Å². The second kappa shape index (κ2) is 12.1. The molecule has 0 saturated carbocycles. The molecule has 2 fully saturated rings. The van der Waals surface area contributed by atoms with Gasteiger partial charge in [-0.05, 0) is 74.4 Å². The summed E-state index contributed by atoms with van der Waals surface area (Å²) in [6.45, 7) is 6.02. The smallest absolute Gasteiger partial charge is 0.457 e. The Hall–Kier alpha value is -2.91. The lowest BCUT2D eigenvalue weighted by molar-refractivity contribution is -0.176. The van der Waals surface area contributed by atoms with Gasteiger partial charge < -0.3 is 23.7 Å². The summed E-state index contributed by atoms with van der Waals surface area (Å²) in [5, 5.41) is -5.08. The van der Waals surface area contributed by atoms with E-state index in [1.54, 1.807) is 119 Å². The lowest BCUT2D eigenvalue weighted by Crippen LogP contribution is -2.44. The minimum atomic E-state index is -5.96. The molecule has 0 bridgehead atoms. The van der Waals surface area contributed by atoms with Crippen molar-refractivity contribution in [1.29, 1.82) is 0 Å². The normalized spacial score (nSPS) is 23.7. The fourth-order valence-corrected chi connectivity index (χ4v) is 10.1. The molecule has 9 nitrogen and oxygen atoms in total. The van der Waals surface area contributed by atoms with Crippen molar-refractivity contribution in [3.63, 3.8) is 0 Å². The van der Waals surface area contributed by atoms with Gasteiger partial charge in [0.2, 0.25) is 0 Å². The molecule has 2 aliphatic heterocycles. The largest absolute Gasteiger partial charge is 0.466 e. The maximum Gasteiger partial charge on any atom is 0.466 e. The van der Waals surface area contributed by atoms with Gasteiger partial charge in [0, 0.05) is 14.7 Å². The first-order valence-electron chi connectivity index (χ1n) is 13.8. The number of carbonyl (C=O) groups excluding carboxylic acids is 1. The molecule has 0 N–H and O–H groups in total. The summed E-state index contributed by atoms with van der Waals surface area (Å²) < 4.78 is 92.1. The summed E-state index contributed by atoms with van der Waals surface area (Å²) in [7, 11) is -9.30. The van der Waals surface area contributed by atoms with E-state index in [1.165, 1.54) is 0 Å². The molecule has 2 heterocycles. The molecule has 2 saturated heterocycles. The van der Waals surface area contributed by atoms with E-state index in [-0.39, 0.29) is 6.61 Å². The SMILES string of the molecule is CC1(C)O[C@@H]([C@H]2COC(C)(C)O2)[C@H](COC(=O)C(F)(F)S(=O)(=O)OS(c2ccccc2)(c2ccccc2)c2ccccc2)O1. The molecule has 238 valence electrons. The fraction of sp³-hybridized carbons (Fsp3) is 0.387. The summed E-state index contributed by atoms with van der Waals surface area (Å²) in [4.78, 5) is 13.9. The van der Waals surface area contributed by atoms with Crippen LogP contribution in [0.2, 0.25) is 0 Å². The van der Waals surface area contributed by atoms with Crippen molar-refractivity contribution < 1.29 is 49.3 Å². The maximum absolute atomic E-state index is 15.7. The molecule has 3 aromatic rings. The van der Waals surface area contributed by atoms with Crippen LogP contribution in [0.15, 0.2) is 106 Å². The van der Waals surface area contributed by atoms with Gasteiger partial charge in [-0.15, -0.1) is 0 Å². The first-order chi connectivity index (χ1) is 20.7. The number of ether oxygens (including phenoxy) is 5. The van der Waals surface area contributed by atoms with E-state index >= 15 is 8.78 Å². The summed E-state index contributed by atoms with van der Waals surface area (Å²) in [5.74, 6) is -4.37. The Morgan fingerprint density at radius 1 is 0.795 bits per heavy atom. The third-order valence-corrected chi connectivity index (χ3v) is 12.1. The molecule has 5 rings (SSSR count). The van der Waals surface area contributed by atoms with E-state index in [2.05, 4.69) is 0 Å². The lowest BCUT2D eigenvalue weighted by Gasteiger charge is -2.39. The van der Waals surface area contributed by atoms with Crippen LogP contribution in [0.4, 0.5) is 8.78 Å². The molecule has 2 aliphatic rings. The first kappa shape index (κ1) is 32.5. The predicted molar refractivity (Wildman–Crippen MR) is 156 cm³/mol. The van der Waals surface area contributed by atoms with E-state index in [0.29, 0.717) is 14.7 Å². The zero-order valence-electron chi connectivity index (χ0n) is 24.6. The van der Waals surface area contributed by atoms with E-state index in [0.717, 1.165) is 0 Å². The van der Waals surface area contributed by atoms with Crippen LogP contribution in [0.5, 0.6) is 0 Å². The molecule has 0 amide bonds. The van der Waals surface area contributed by atoms with E-state index in [1.807, 2.05) is 0 Å². The van der Waals surface area contributed by atoms with Gasteiger partial charge in [0.1, 0.15) is 24.9 Å². The molecule has 3 aromatic carbocycles. The number of hydrogen-bond donors (Lipinski definition) is 0. The van der Waals surface area contributed by atoms with Gasteiger partial charge >= 0.3 is 21.3 Å². The van der Waals surface area contributed by atoms with Crippen LogP contribution < -0.4 is 0 Å². The number of carbonyl (C=O) groups is 1. The van der Waals surface area contributed by atoms with Gasteiger partial charge in [-0.2, -0.15) is 17.2 Å². The number of hydrogen-bond acceptors (Lipinski definition) is 9. The number of rotatable bonds is 10. The van der Waals surface area contributed by atoms with E-state index in [4.69, 9.17) is 27.3 Å². The van der Waals surface area contributed by atoms with Crippen molar-refractivity contribution in [3.8, 4) is 0 Å². The molecular formula is C31H34F2O9S2. The zero-order chi connectivity index (χ0) is 31.8. The second-order valence-electron chi connectivity index (χ2n) is 11.1. The molecule has 0 aliphatic carbocycles. The average molecular weight is 653 g/mol. The molecule has 0 radical (unpaired) electrons. The summed E-state index contributed by atoms with van der Waals surface area (Å²) in [5.41, 5.74) is 0. The fourth-order valence-electron chi connectivity index (χ4n) is 5.07. The molecule has 3 atom stereocenters. The minimum Gasteiger partial charge on any atom is -0.457 e. The third-order valence-electron chi connectivity index (χ3n) is 6.97. The molecule has 13 heteroatoms. The molecule has 0 unspecified atom stereocenters. The predicted octanol–water partition coefficient (Wildman–Crippen LogP) is 6.04. The van der Waals surface area contributed by atoms with Gasteiger partial charge in [0.15, 0.2) is 11.6 Å². The minimum absolute atomic E-state index is 0.128. The number of halogens is 2. The molecular weight excluding hydrogens is 618 g/mol. The highest BCUT2D eigenvalue weighted by Crippen LogP contribution is 2.70. The van der Waals surface area contributed by atoms with Crippen LogP contribution in [0, 0.1) is 0 Å². The van der Waals surface area contributed by atoms with Gasteiger partial charge in [0.05, 0.1) is 6.61 Å². The topological polar surface area (TPSA) is 107 Å². The van der Waals surface area contributed by atoms with Crippen LogP contribution in [0.1, 0.15) is 27.7 Å². The van der Waals surface area contributed by atoms with Crippen LogP contribution in [-0.4, -0.2) is 62.7 Å². The van der Waals surface area contributed by atoms with Crippen LogP contribution in [-0.2, 0) is 42.2 Å². The Labute approximate surface area is 257 Å². The van der Waals surface area contributed by atoms with Crippen LogP contribution in [0.3, 0.4) is 0 Å². The van der Waals surface area contributed by atoms with Crippen molar-refractivity contribution >= 4 is 26.4 Å². The monoisotopic (exact) mass is 652 g/mol. The van der Waals surface area contributed by atoms with E-state index in [9.17, 15) is 13.2 Å². The average Bonchev–Trinajstić information content (AvgIpc) is 3.52. The molecule has 0 spiro atoms. The standard InChI is InChI=1S/C31H34F2O9S2/c1-29(2)38-21-26(39-29)27-25(40-30(3,4)41-27)20-37-28(34)31(32,33)44(35,36)42-43(22-14-8-5-9-15-22,23-16-10-6-11-17-23)24-18-12-7-13-19-24/h5-19,25-27H,20-21H2,1-4H3/t25-,26+,27+/m0/s1. The van der Waals surface area contributed by atoms with Gasteiger partial charge in [-0.25, -0.2) is 8.42 Å². The maximum atomic E-state index is 15.7. The highest BCUT2D eigenvalue weighted by atomic mass is 32.3. The molecule has 0 aromatic heterocycles. The van der Waals surface area contributed by atoms with E-state index < -0.39 is 68.1 Å². The van der Waals surface area contributed by atoms with Crippen molar-refractivity contribution in [2.24, 2.45) is 0 Å². The lowest BCUT2D eigenvalue weighted by atomic mass is 10.1. The van der Waals surface area contributed by atoms with Crippen LogP contribution in [0.25, 0.3) is 0 Å². The molecule has 44 heavy (non-hydrogen) atoms. The van der Waals surface area contributed by atoms with Crippen molar-refractivity contribution in [2.45, 2.75) is 77.5 Å². The number of benzene rings is 3. The first-order valence-corrected chi connectivity index (χ1v) is 16.8. The van der Waals surface area contributed by atoms with Gasteiger partial charge in [-0.3, -0.25) is 0 Å². The second-order valence-corrected chi connectivity index (χ2v) is 15.6. The Kier molecular flexibility index (Phi) is 8.95. The Balaban J connectivity index is 1.44. The van der Waals surface area contributed by atoms with Gasteiger partial charge in [0.25, 0.3) is 0 Å². The van der Waals surface area contributed by atoms with Crippen molar-refractivity contribution in [2.75, 3.05) is 13.2 Å². The third kappa shape index (κ3) is 6.41. The Morgan fingerprint density at radius 3 is 1.70 bits per heavy atom. The number of esters is 1. The van der Waals surface area contributed by atoms with Crippen LogP contribution >= 0.6 is 10.3 Å².